The van der Waals surface area contributed by atoms with Gasteiger partial charge in [-0.15, -0.1) is 23.2 Å². The molecule has 2 aromatic carbocycles. The van der Waals surface area contributed by atoms with Crippen LogP contribution in [0, 0.1) is 17.6 Å². The quantitative estimate of drug-likeness (QED) is 0.207. The second kappa shape index (κ2) is 10.0. The summed E-state index contributed by atoms with van der Waals surface area (Å²) >= 11 is 37.0. The zero-order valence-electron chi connectivity index (χ0n) is 17.5. The molecule has 36 heavy (non-hydrogen) atoms. The molecule has 1 aromatic heterocycles. The van der Waals surface area contributed by atoms with E-state index in [9.17, 15) is 18.4 Å². The van der Waals surface area contributed by atoms with E-state index in [0.29, 0.717) is 11.8 Å². The maximum atomic E-state index is 14.1. The third-order valence-corrected chi connectivity index (χ3v) is 7.89. The summed E-state index contributed by atoms with van der Waals surface area (Å²) in [6, 6.07) is 7.06. The molecule has 0 bridgehead atoms. The lowest BCUT2D eigenvalue weighted by molar-refractivity contribution is -0.117. The first kappa shape index (κ1) is 27.0. The van der Waals surface area contributed by atoms with Crippen molar-refractivity contribution in [2.24, 2.45) is 5.92 Å². The molecule has 3 aromatic rings. The molecule has 1 fully saturated rings. The van der Waals surface area contributed by atoms with Crippen LogP contribution >= 0.6 is 69.6 Å². The van der Waals surface area contributed by atoms with E-state index in [4.69, 9.17) is 75.3 Å². The molecule has 2 atom stereocenters. The Morgan fingerprint density at radius 3 is 2.25 bits per heavy atom. The number of benzene rings is 2. The van der Waals surface area contributed by atoms with E-state index >= 15 is 0 Å². The van der Waals surface area contributed by atoms with Gasteiger partial charge in [-0.3, -0.25) is 9.59 Å². The second-order valence-electron chi connectivity index (χ2n) is 7.75. The topological polar surface area (TPSA) is 97.1 Å². The summed E-state index contributed by atoms with van der Waals surface area (Å²) in [6.07, 6.45) is 0.657. The van der Waals surface area contributed by atoms with Crippen LogP contribution in [0.1, 0.15) is 21.8 Å². The number of aromatic nitrogens is 1. The van der Waals surface area contributed by atoms with Gasteiger partial charge in [-0.1, -0.05) is 46.4 Å². The first-order chi connectivity index (χ1) is 16.8. The highest BCUT2D eigenvalue weighted by molar-refractivity contribution is 6.54. The van der Waals surface area contributed by atoms with Crippen LogP contribution in [0.15, 0.2) is 36.5 Å². The van der Waals surface area contributed by atoms with E-state index in [1.165, 1.54) is 30.3 Å². The zero-order chi connectivity index (χ0) is 26.5. The van der Waals surface area contributed by atoms with Crippen LogP contribution in [-0.2, 0) is 4.79 Å². The van der Waals surface area contributed by atoms with Gasteiger partial charge in [0.05, 0.1) is 37.8 Å². The van der Waals surface area contributed by atoms with Crippen molar-refractivity contribution in [2.75, 3.05) is 16.4 Å². The molecule has 1 unspecified atom stereocenters. The second-order valence-corrected chi connectivity index (χ2v) is 10.8. The number of nitrogens with one attached hydrogen (secondary N) is 2. The predicted octanol–water partition coefficient (Wildman–Crippen LogP) is 7.33. The van der Waals surface area contributed by atoms with Gasteiger partial charge in [-0.2, -0.15) is 0 Å². The number of nitrogen functional groups attached to an aromatic ring is 1. The van der Waals surface area contributed by atoms with E-state index in [1.807, 2.05) is 0 Å². The summed E-state index contributed by atoms with van der Waals surface area (Å²) in [5.74, 6) is -5.88. The minimum atomic E-state index is -1.46. The zero-order valence-corrected chi connectivity index (χ0v) is 22.0. The van der Waals surface area contributed by atoms with Crippen molar-refractivity contribution in [2.45, 2.75) is 10.3 Å². The molecule has 4 N–H and O–H groups in total. The minimum absolute atomic E-state index is 0.0141. The lowest BCUT2D eigenvalue weighted by atomic mass is 10.1. The smallest absolute Gasteiger partial charge is 0.258 e. The van der Waals surface area contributed by atoms with Crippen LogP contribution in [0.25, 0.3) is 0 Å². The van der Waals surface area contributed by atoms with Gasteiger partial charge in [-0.05, 0) is 35.9 Å². The third-order valence-electron chi connectivity index (χ3n) is 5.42. The van der Waals surface area contributed by atoms with Gasteiger partial charge < -0.3 is 16.4 Å². The van der Waals surface area contributed by atoms with Gasteiger partial charge in [0.2, 0.25) is 5.91 Å². The number of rotatable bonds is 5. The van der Waals surface area contributed by atoms with Crippen molar-refractivity contribution in [1.29, 1.82) is 0 Å². The largest absolute Gasteiger partial charge is 0.394 e. The number of carbonyl (C=O) groups excluding carboxylic acids is 2. The number of carbonyl (C=O) groups is 2. The van der Waals surface area contributed by atoms with Gasteiger partial charge in [0, 0.05) is 11.6 Å². The van der Waals surface area contributed by atoms with Crippen LogP contribution in [0.2, 0.25) is 20.1 Å². The number of halogens is 8. The predicted molar refractivity (Wildman–Crippen MR) is 139 cm³/mol. The van der Waals surface area contributed by atoms with Crippen LogP contribution in [0.4, 0.5) is 26.0 Å². The fourth-order valence-electron chi connectivity index (χ4n) is 3.56. The summed E-state index contributed by atoms with van der Waals surface area (Å²) < 4.78 is 26.0. The summed E-state index contributed by atoms with van der Waals surface area (Å²) in [5.41, 5.74) is 5.03. The molecule has 0 radical (unpaired) electrons. The standard InChI is InChI=1S/C22H12Cl6F2N4O2/c23-10-2-1-8(5-9(10)20(35)34-19-17(30)18(31)13(29)6-32-19)33-21(36)15-14(22(15,27)28)7-3-11(24)16(26)12(25)4-7/h1-6,14-15H,(H,33,36)(H3,31,32,34,35)/t14-,15?/m0/s1. The summed E-state index contributed by atoms with van der Waals surface area (Å²) in [4.78, 5) is 29.1. The fraction of sp³-hybridized carbons (Fsp3) is 0.136. The highest BCUT2D eigenvalue weighted by Crippen LogP contribution is 2.65. The van der Waals surface area contributed by atoms with Crippen LogP contribution < -0.4 is 16.4 Å². The van der Waals surface area contributed by atoms with Gasteiger partial charge in [-0.25, -0.2) is 13.8 Å². The van der Waals surface area contributed by atoms with Gasteiger partial charge in [0.1, 0.15) is 10.0 Å². The van der Waals surface area contributed by atoms with Crippen LogP contribution in [0.3, 0.4) is 0 Å². The molecule has 0 saturated heterocycles. The van der Waals surface area contributed by atoms with E-state index < -0.39 is 51.1 Å². The number of hydrogen-bond acceptors (Lipinski definition) is 4. The number of pyridine rings is 1. The molecule has 0 aliphatic heterocycles. The molecule has 6 nitrogen and oxygen atoms in total. The van der Waals surface area contributed by atoms with Gasteiger partial charge >= 0.3 is 0 Å². The van der Waals surface area contributed by atoms with Gasteiger partial charge in [0.15, 0.2) is 17.5 Å². The normalized spacial score (nSPS) is 18.0. The Hall–Kier alpha value is -2.07. The van der Waals surface area contributed by atoms with E-state index in [1.54, 1.807) is 0 Å². The van der Waals surface area contributed by atoms with E-state index in [0.717, 1.165) is 0 Å². The van der Waals surface area contributed by atoms with Crippen LogP contribution in [-0.4, -0.2) is 21.1 Å². The minimum Gasteiger partial charge on any atom is -0.394 e. The molecule has 1 heterocycles. The van der Waals surface area contributed by atoms with Crippen molar-refractivity contribution in [3.63, 3.8) is 0 Å². The molecule has 14 heteroatoms. The Morgan fingerprint density at radius 1 is 0.972 bits per heavy atom. The lowest BCUT2D eigenvalue weighted by Gasteiger charge is -2.11. The first-order valence-corrected chi connectivity index (χ1v) is 12.1. The van der Waals surface area contributed by atoms with Crippen molar-refractivity contribution in [3.8, 4) is 0 Å². The molecule has 1 aliphatic rings. The van der Waals surface area contributed by atoms with Crippen molar-refractivity contribution < 1.29 is 18.4 Å². The summed E-state index contributed by atoms with van der Waals surface area (Å²) in [7, 11) is 0. The maximum absolute atomic E-state index is 14.1. The fourth-order valence-corrected chi connectivity index (χ4v) is 5.21. The monoisotopic (exact) mass is 612 g/mol. The average Bonchev–Trinajstić information content (AvgIpc) is 3.40. The average molecular weight is 615 g/mol. The lowest BCUT2D eigenvalue weighted by Crippen LogP contribution is -2.19. The maximum Gasteiger partial charge on any atom is 0.258 e. The number of nitrogens with zero attached hydrogens (tertiary/aromatic N) is 1. The van der Waals surface area contributed by atoms with Gasteiger partial charge in [0.25, 0.3) is 5.91 Å². The SMILES string of the molecule is Nc1c(F)cnc(NC(=O)c2cc(NC(=O)C3[C@H](c4cc(Cl)c(Cl)c(Cl)c4)C3(Cl)Cl)ccc2Cl)c1F. The molecule has 0 spiro atoms. The molecular formula is C22H12Cl6F2N4O2. The highest BCUT2D eigenvalue weighted by atomic mass is 35.5. The van der Waals surface area contributed by atoms with Crippen molar-refractivity contribution >= 4 is 98.6 Å². The van der Waals surface area contributed by atoms with Crippen molar-refractivity contribution in [3.05, 3.63) is 79.4 Å². The number of anilines is 3. The van der Waals surface area contributed by atoms with E-state index in [2.05, 4.69) is 15.6 Å². The molecule has 4 rings (SSSR count). The summed E-state index contributed by atoms with van der Waals surface area (Å²) in [6.45, 7) is 0. The van der Waals surface area contributed by atoms with Crippen molar-refractivity contribution in [1.82, 2.24) is 4.98 Å². The third kappa shape index (κ3) is 5.03. The first-order valence-electron chi connectivity index (χ1n) is 9.86. The Labute approximate surface area is 232 Å². The number of hydrogen-bond donors (Lipinski definition) is 3. The Bertz CT molecular complexity index is 1400. The van der Waals surface area contributed by atoms with E-state index in [-0.39, 0.29) is 31.3 Å². The Kier molecular flexibility index (Phi) is 7.50. The highest BCUT2D eigenvalue weighted by Gasteiger charge is 2.67. The molecule has 1 aliphatic carbocycles. The molecule has 2 amide bonds. The number of nitrogens with two attached hydrogens (primary N) is 1. The Morgan fingerprint density at radius 2 is 1.61 bits per heavy atom. The Balaban J connectivity index is 1.53. The molecule has 1 saturated carbocycles. The molecule has 188 valence electrons. The number of alkyl halides is 2. The summed E-state index contributed by atoms with van der Waals surface area (Å²) in [5, 5.41) is 5.27. The van der Waals surface area contributed by atoms with Crippen LogP contribution in [0.5, 0.6) is 0 Å². The molecular weight excluding hydrogens is 603 g/mol. The number of amides is 2.